The first-order chi connectivity index (χ1) is 3.31. The minimum absolute atomic E-state index is 0. The molecule has 0 aliphatic heterocycles. The van der Waals surface area contributed by atoms with Gasteiger partial charge in [0.05, 0.1) is 7.11 Å². The van der Waals surface area contributed by atoms with Crippen molar-refractivity contribution in [1.29, 1.82) is 0 Å². The van der Waals surface area contributed by atoms with Crippen LogP contribution in [0.2, 0.25) is 0 Å². The summed E-state index contributed by atoms with van der Waals surface area (Å²) < 4.78 is 4.12. The topological polar surface area (TPSA) is 43.4 Å². The number of carbonyl (C=O) groups is 2. The van der Waals surface area contributed by atoms with E-state index in [0.717, 1.165) is 0 Å². The van der Waals surface area contributed by atoms with Crippen molar-refractivity contribution in [3.05, 3.63) is 0 Å². The van der Waals surface area contributed by atoms with Crippen LogP contribution < -0.4 is 0 Å². The zero-order valence-electron chi connectivity index (χ0n) is 5.01. The number of ether oxygens (including phenoxy) is 1. The summed E-state index contributed by atoms with van der Waals surface area (Å²) in [4.78, 5) is 19.4. The van der Waals surface area contributed by atoms with Gasteiger partial charge in [-0.05, 0) is 0 Å². The third-order valence-corrected chi connectivity index (χ3v) is 0.478. The third-order valence-electron chi connectivity index (χ3n) is 0.478. The molecular formula is C4H6NaO3. The van der Waals surface area contributed by atoms with E-state index in [0.29, 0.717) is 6.29 Å². The fourth-order valence-electron chi connectivity index (χ4n) is 0.151. The molecule has 0 heterocycles. The SMILES string of the molecule is COC(=O)CC=O.[Na]. The van der Waals surface area contributed by atoms with Gasteiger partial charge in [0.2, 0.25) is 0 Å². The van der Waals surface area contributed by atoms with Gasteiger partial charge >= 0.3 is 5.97 Å². The average Bonchev–Trinajstić information content (AvgIpc) is 1.68. The Balaban J connectivity index is 0. The van der Waals surface area contributed by atoms with Crippen LogP contribution in [0.15, 0.2) is 0 Å². The van der Waals surface area contributed by atoms with Gasteiger partial charge in [0.25, 0.3) is 0 Å². The number of methoxy groups -OCH3 is 1. The van der Waals surface area contributed by atoms with Crippen LogP contribution in [-0.2, 0) is 14.3 Å². The molecule has 0 aliphatic carbocycles. The fraction of sp³-hybridized carbons (Fsp3) is 0.500. The van der Waals surface area contributed by atoms with E-state index in [1.165, 1.54) is 7.11 Å². The molecule has 0 amide bonds. The van der Waals surface area contributed by atoms with Gasteiger partial charge in [-0.1, -0.05) is 0 Å². The maximum atomic E-state index is 9.96. The molecule has 8 heavy (non-hydrogen) atoms. The Kier molecular flexibility index (Phi) is 9.82. The van der Waals surface area contributed by atoms with Gasteiger partial charge in [0.15, 0.2) is 0 Å². The molecule has 0 atom stereocenters. The molecule has 0 bridgehead atoms. The van der Waals surface area contributed by atoms with Crippen LogP contribution in [0.1, 0.15) is 6.42 Å². The second-order valence-electron chi connectivity index (χ2n) is 0.947. The van der Waals surface area contributed by atoms with Crippen molar-refractivity contribution in [2.45, 2.75) is 6.42 Å². The number of aldehydes is 1. The zero-order chi connectivity index (χ0) is 5.70. The van der Waals surface area contributed by atoms with Crippen molar-refractivity contribution in [2.24, 2.45) is 0 Å². The zero-order valence-corrected chi connectivity index (χ0v) is 7.01. The van der Waals surface area contributed by atoms with Gasteiger partial charge < -0.3 is 9.53 Å². The van der Waals surface area contributed by atoms with Crippen LogP contribution in [0, 0.1) is 0 Å². The molecule has 4 heteroatoms. The van der Waals surface area contributed by atoms with E-state index >= 15 is 0 Å². The summed E-state index contributed by atoms with van der Waals surface area (Å²) in [6.07, 6.45) is 0.363. The molecule has 0 spiro atoms. The molecule has 0 rings (SSSR count). The van der Waals surface area contributed by atoms with E-state index < -0.39 is 5.97 Å². The number of rotatable bonds is 2. The first kappa shape index (κ1) is 11.0. The van der Waals surface area contributed by atoms with Crippen molar-refractivity contribution in [1.82, 2.24) is 0 Å². The van der Waals surface area contributed by atoms with Gasteiger partial charge in [-0.25, -0.2) is 0 Å². The van der Waals surface area contributed by atoms with Crippen LogP contribution in [-0.4, -0.2) is 48.9 Å². The summed E-state index contributed by atoms with van der Waals surface area (Å²) >= 11 is 0. The second-order valence-corrected chi connectivity index (χ2v) is 0.947. The monoisotopic (exact) mass is 125 g/mol. The van der Waals surface area contributed by atoms with Gasteiger partial charge in [-0.15, -0.1) is 0 Å². The molecule has 0 saturated carbocycles. The summed E-state index contributed by atoms with van der Waals surface area (Å²) in [6, 6.07) is 0. The Morgan fingerprint density at radius 1 is 1.75 bits per heavy atom. The third kappa shape index (κ3) is 6.14. The first-order valence-electron chi connectivity index (χ1n) is 1.81. The minimum Gasteiger partial charge on any atom is -0.469 e. The number of hydrogen-bond donors (Lipinski definition) is 0. The second kappa shape index (κ2) is 7.14. The summed E-state index contributed by atoms with van der Waals surface area (Å²) in [5.41, 5.74) is 0. The van der Waals surface area contributed by atoms with E-state index in [4.69, 9.17) is 0 Å². The van der Waals surface area contributed by atoms with Crippen molar-refractivity contribution in [3.8, 4) is 0 Å². The Morgan fingerprint density at radius 3 is 2.38 bits per heavy atom. The van der Waals surface area contributed by atoms with E-state index in [2.05, 4.69) is 4.74 Å². The molecule has 0 unspecified atom stereocenters. The van der Waals surface area contributed by atoms with Crippen LogP contribution in [0.3, 0.4) is 0 Å². The van der Waals surface area contributed by atoms with E-state index in [-0.39, 0.29) is 36.0 Å². The Morgan fingerprint density at radius 2 is 2.25 bits per heavy atom. The molecule has 3 nitrogen and oxygen atoms in total. The predicted molar refractivity (Wildman–Crippen MR) is 28.5 cm³/mol. The summed E-state index contributed by atoms with van der Waals surface area (Å²) in [5.74, 6) is -0.491. The molecule has 1 radical (unpaired) electrons. The van der Waals surface area contributed by atoms with Crippen molar-refractivity contribution >= 4 is 41.8 Å². The summed E-state index contributed by atoms with van der Waals surface area (Å²) in [6.45, 7) is 0. The van der Waals surface area contributed by atoms with Crippen LogP contribution in [0.5, 0.6) is 0 Å². The Bertz CT molecular complexity index is 81.4. The maximum absolute atomic E-state index is 9.96. The van der Waals surface area contributed by atoms with Gasteiger partial charge in [0.1, 0.15) is 12.7 Å². The molecule has 41 valence electrons. The standard InChI is InChI=1S/C4H6O3.Na/c1-7-4(6)2-3-5;/h3H,2H2,1H3;. The molecule has 0 aromatic rings. The summed E-state index contributed by atoms with van der Waals surface area (Å²) in [5, 5.41) is 0. The van der Waals surface area contributed by atoms with E-state index in [1.807, 2.05) is 0 Å². The first-order valence-corrected chi connectivity index (χ1v) is 1.81. The van der Waals surface area contributed by atoms with Gasteiger partial charge in [-0.3, -0.25) is 4.79 Å². The average molecular weight is 125 g/mol. The van der Waals surface area contributed by atoms with E-state index in [9.17, 15) is 9.59 Å². The van der Waals surface area contributed by atoms with Gasteiger partial charge in [0, 0.05) is 29.6 Å². The molecular weight excluding hydrogens is 119 g/mol. The van der Waals surface area contributed by atoms with Crippen molar-refractivity contribution in [2.75, 3.05) is 7.11 Å². The molecule has 0 aliphatic rings. The molecule has 0 N–H and O–H groups in total. The maximum Gasteiger partial charge on any atom is 0.312 e. The predicted octanol–water partition coefficient (Wildman–Crippen LogP) is -0.632. The van der Waals surface area contributed by atoms with Crippen molar-refractivity contribution in [3.63, 3.8) is 0 Å². The summed E-state index contributed by atoms with van der Waals surface area (Å²) in [7, 11) is 1.24. The number of carbonyl (C=O) groups excluding carboxylic acids is 2. The fourth-order valence-corrected chi connectivity index (χ4v) is 0.151. The van der Waals surface area contributed by atoms with Crippen LogP contribution >= 0.6 is 0 Å². The molecule has 0 aromatic carbocycles. The number of esters is 1. The number of hydrogen-bond acceptors (Lipinski definition) is 3. The Labute approximate surface area is 69.7 Å². The minimum atomic E-state index is -0.491. The molecule has 0 saturated heterocycles. The van der Waals surface area contributed by atoms with Crippen LogP contribution in [0.25, 0.3) is 0 Å². The Hall–Kier alpha value is 0.140. The molecule has 0 aromatic heterocycles. The van der Waals surface area contributed by atoms with Crippen LogP contribution in [0.4, 0.5) is 0 Å². The van der Waals surface area contributed by atoms with E-state index in [1.54, 1.807) is 0 Å². The quantitative estimate of drug-likeness (QED) is 0.213. The smallest absolute Gasteiger partial charge is 0.312 e. The van der Waals surface area contributed by atoms with Crippen molar-refractivity contribution < 1.29 is 14.3 Å². The van der Waals surface area contributed by atoms with Gasteiger partial charge in [-0.2, -0.15) is 0 Å². The molecule has 0 fully saturated rings. The normalized spacial score (nSPS) is 6.62. The largest absolute Gasteiger partial charge is 0.469 e.